The lowest BCUT2D eigenvalue weighted by atomic mass is 9.80. The Labute approximate surface area is 100 Å². The normalized spacial score (nSPS) is 21.4. The summed E-state index contributed by atoms with van der Waals surface area (Å²) in [5.74, 6) is 0. The van der Waals surface area contributed by atoms with Gasteiger partial charge in [-0.25, -0.2) is 0 Å². The van der Waals surface area contributed by atoms with E-state index in [1.54, 1.807) is 0 Å². The summed E-state index contributed by atoms with van der Waals surface area (Å²) in [5.41, 5.74) is 5.60. The van der Waals surface area contributed by atoms with Crippen LogP contribution in [0.1, 0.15) is 52.4 Å². The molecule has 16 heavy (non-hydrogen) atoms. The van der Waals surface area contributed by atoms with Gasteiger partial charge in [-0.15, -0.1) is 0 Å². The predicted molar refractivity (Wildman–Crippen MR) is 68.4 cm³/mol. The van der Waals surface area contributed by atoms with Gasteiger partial charge in [0.15, 0.2) is 0 Å². The molecule has 0 radical (unpaired) electrons. The fourth-order valence-electron chi connectivity index (χ4n) is 2.63. The second kappa shape index (κ2) is 5.48. The molecule has 0 amide bonds. The number of hydrogen-bond donors (Lipinski definition) is 2. The molecule has 1 fully saturated rings. The maximum Gasteiger partial charge on any atom is 0.0603 e. The van der Waals surface area contributed by atoms with Gasteiger partial charge in [0.1, 0.15) is 0 Å². The van der Waals surface area contributed by atoms with Crippen molar-refractivity contribution in [2.45, 2.75) is 63.5 Å². The van der Waals surface area contributed by atoms with Crippen LogP contribution >= 0.6 is 0 Å². The van der Waals surface area contributed by atoms with Crippen LogP contribution in [0.2, 0.25) is 0 Å². The van der Waals surface area contributed by atoms with Crippen molar-refractivity contribution in [3.63, 3.8) is 0 Å². The number of rotatable bonds is 5. The Hall–Kier alpha value is -0.120. The van der Waals surface area contributed by atoms with E-state index in [4.69, 9.17) is 5.73 Å². The first kappa shape index (κ1) is 13.9. The molecular formula is C13H28N2O. The number of likely N-dealkylation sites (N-methyl/N-ethyl adjacent to an activating group) is 1. The molecule has 3 heteroatoms. The molecule has 0 spiro atoms. The SMILES string of the molecule is CN(CCC(C)(C)O)C1(CN)CCCCC1. The Morgan fingerprint density at radius 3 is 2.25 bits per heavy atom. The van der Waals surface area contributed by atoms with E-state index in [0.29, 0.717) is 0 Å². The fraction of sp³-hybridized carbons (Fsp3) is 1.00. The second-order valence-electron chi connectivity index (χ2n) is 5.97. The predicted octanol–water partition coefficient (Wildman–Crippen LogP) is 1.74. The average Bonchev–Trinajstić information content (AvgIpc) is 2.25. The molecule has 1 saturated carbocycles. The van der Waals surface area contributed by atoms with Crippen molar-refractivity contribution in [3.8, 4) is 0 Å². The molecular weight excluding hydrogens is 200 g/mol. The quantitative estimate of drug-likeness (QED) is 0.753. The summed E-state index contributed by atoms with van der Waals surface area (Å²) < 4.78 is 0. The Bertz CT molecular complexity index is 204. The van der Waals surface area contributed by atoms with Crippen molar-refractivity contribution in [1.82, 2.24) is 4.90 Å². The van der Waals surface area contributed by atoms with Crippen LogP contribution in [0.4, 0.5) is 0 Å². The molecule has 0 aromatic carbocycles. The molecule has 0 aromatic rings. The monoisotopic (exact) mass is 228 g/mol. The number of nitrogens with two attached hydrogens (primary N) is 1. The first-order valence-electron chi connectivity index (χ1n) is 6.53. The highest BCUT2D eigenvalue weighted by molar-refractivity contribution is 4.93. The van der Waals surface area contributed by atoms with Crippen molar-refractivity contribution in [2.75, 3.05) is 20.1 Å². The highest BCUT2D eigenvalue weighted by atomic mass is 16.3. The molecule has 3 nitrogen and oxygen atoms in total. The molecule has 1 aliphatic rings. The summed E-state index contributed by atoms with van der Waals surface area (Å²) >= 11 is 0. The molecule has 1 rings (SSSR count). The lowest BCUT2D eigenvalue weighted by molar-refractivity contribution is 0.0284. The summed E-state index contributed by atoms with van der Waals surface area (Å²) in [7, 11) is 2.16. The van der Waals surface area contributed by atoms with Gasteiger partial charge in [0.25, 0.3) is 0 Å². The van der Waals surface area contributed by atoms with Crippen LogP contribution in [-0.4, -0.2) is 41.3 Å². The molecule has 0 unspecified atom stereocenters. The summed E-state index contributed by atoms with van der Waals surface area (Å²) in [4.78, 5) is 2.38. The Kier molecular flexibility index (Phi) is 4.77. The third-order valence-corrected chi connectivity index (χ3v) is 4.03. The Morgan fingerprint density at radius 1 is 1.25 bits per heavy atom. The van der Waals surface area contributed by atoms with E-state index >= 15 is 0 Å². The van der Waals surface area contributed by atoms with Crippen molar-refractivity contribution in [3.05, 3.63) is 0 Å². The van der Waals surface area contributed by atoms with Crippen LogP contribution in [0.25, 0.3) is 0 Å². The van der Waals surface area contributed by atoms with Crippen molar-refractivity contribution >= 4 is 0 Å². The van der Waals surface area contributed by atoms with E-state index < -0.39 is 5.60 Å². The van der Waals surface area contributed by atoms with E-state index in [1.165, 1.54) is 32.1 Å². The molecule has 0 aliphatic heterocycles. The molecule has 96 valence electrons. The van der Waals surface area contributed by atoms with Crippen LogP contribution in [0.15, 0.2) is 0 Å². The Morgan fingerprint density at radius 2 is 1.81 bits per heavy atom. The molecule has 0 saturated heterocycles. The zero-order valence-corrected chi connectivity index (χ0v) is 11.1. The van der Waals surface area contributed by atoms with Gasteiger partial charge in [-0.05, 0) is 40.2 Å². The van der Waals surface area contributed by atoms with Gasteiger partial charge >= 0.3 is 0 Å². The first-order valence-corrected chi connectivity index (χ1v) is 6.53. The fourth-order valence-corrected chi connectivity index (χ4v) is 2.63. The highest BCUT2D eigenvalue weighted by Crippen LogP contribution is 2.32. The summed E-state index contributed by atoms with van der Waals surface area (Å²) in [6.45, 7) is 5.42. The van der Waals surface area contributed by atoms with Gasteiger partial charge in [-0.2, -0.15) is 0 Å². The lowest BCUT2D eigenvalue weighted by Gasteiger charge is -2.44. The van der Waals surface area contributed by atoms with Crippen LogP contribution in [0.5, 0.6) is 0 Å². The smallest absolute Gasteiger partial charge is 0.0603 e. The van der Waals surface area contributed by atoms with Gasteiger partial charge in [-0.3, -0.25) is 4.90 Å². The molecule has 0 heterocycles. The first-order chi connectivity index (χ1) is 7.40. The summed E-state index contributed by atoms with van der Waals surface area (Å²) in [6.07, 6.45) is 7.18. The molecule has 1 aliphatic carbocycles. The number of hydrogen-bond acceptors (Lipinski definition) is 3. The summed E-state index contributed by atoms with van der Waals surface area (Å²) in [5, 5.41) is 9.76. The van der Waals surface area contributed by atoms with Gasteiger partial charge < -0.3 is 10.8 Å². The van der Waals surface area contributed by atoms with Crippen LogP contribution < -0.4 is 5.73 Å². The van der Waals surface area contributed by atoms with E-state index in [0.717, 1.165) is 19.5 Å². The average molecular weight is 228 g/mol. The van der Waals surface area contributed by atoms with E-state index in [-0.39, 0.29) is 5.54 Å². The third kappa shape index (κ3) is 3.72. The minimum Gasteiger partial charge on any atom is -0.390 e. The largest absolute Gasteiger partial charge is 0.390 e. The van der Waals surface area contributed by atoms with Gasteiger partial charge in [0, 0.05) is 18.6 Å². The lowest BCUT2D eigenvalue weighted by Crippen LogP contribution is -2.54. The standard InChI is InChI=1S/C13H28N2O/c1-12(2,16)9-10-15(3)13(11-14)7-5-4-6-8-13/h16H,4-11,14H2,1-3H3. The van der Waals surface area contributed by atoms with Crippen LogP contribution in [0.3, 0.4) is 0 Å². The number of aliphatic hydroxyl groups is 1. The molecule has 3 N–H and O–H groups in total. The van der Waals surface area contributed by atoms with Crippen LogP contribution in [0, 0.1) is 0 Å². The van der Waals surface area contributed by atoms with Gasteiger partial charge in [-0.1, -0.05) is 19.3 Å². The number of nitrogens with zero attached hydrogens (tertiary/aromatic N) is 1. The minimum atomic E-state index is -0.571. The zero-order chi connectivity index (χ0) is 12.2. The molecule has 0 atom stereocenters. The maximum atomic E-state index is 9.76. The zero-order valence-electron chi connectivity index (χ0n) is 11.1. The topological polar surface area (TPSA) is 49.5 Å². The van der Waals surface area contributed by atoms with Crippen molar-refractivity contribution in [1.29, 1.82) is 0 Å². The minimum absolute atomic E-state index is 0.198. The van der Waals surface area contributed by atoms with Gasteiger partial charge in [0.05, 0.1) is 5.60 Å². The van der Waals surface area contributed by atoms with E-state index in [2.05, 4.69) is 11.9 Å². The maximum absolute atomic E-state index is 9.76. The van der Waals surface area contributed by atoms with Gasteiger partial charge in [0.2, 0.25) is 0 Å². The van der Waals surface area contributed by atoms with Crippen LogP contribution in [-0.2, 0) is 0 Å². The van der Waals surface area contributed by atoms with E-state index in [1.807, 2.05) is 13.8 Å². The second-order valence-corrected chi connectivity index (χ2v) is 5.97. The summed E-state index contributed by atoms with van der Waals surface area (Å²) in [6, 6.07) is 0. The third-order valence-electron chi connectivity index (χ3n) is 4.03. The molecule has 0 aromatic heterocycles. The van der Waals surface area contributed by atoms with Crippen molar-refractivity contribution in [2.24, 2.45) is 5.73 Å². The van der Waals surface area contributed by atoms with E-state index in [9.17, 15) is 5.11 Å². The Balaban J connectivity index is 2.51. The molecule has 0 bridgehead atoms. The van der Waals surface area contributed by atoms with Crippen molar-refractivity contribution < 1.29 is 5.11 Å². The highest BCUT2D eigenvalue weighted by Gasteiger charge is 2.34.